The van der Waals surface area contributed by atoms with E-state index < -0.39 is 10.0 Å². The lowest BCUT2D eigenvalue weighted by Crippen LogP contribution is -2.33. The molecular weight excluding hydrogens is 356 g/mol. The van der Waals surface area contributed by atoms with Crippen molar-refractivity contribution >= 4 is 50.2 Å². The van der Waals surface area contributed by atoms with Crippen LogP contribution >= 0.6 is 22.9 Å². The Morgan fingerprint density at radius 1 is 1.30 bits per heavy atom. The summed E-state index contributed by atoms with van der Waals surface area (Å²) in [6, 6.07) is 8.28. The summed E-state index contributed by atoms with van der Waals surface area (Å²) in [6.45, 7) is 2.23. The lowest BCUT2D eigenvalue weighted by Gasteiger charge is -2.29. The maximum atomic E-state index is 12.3. The molecule has 0 saturated carbocycles. The van der Waals surface area contributed by atoms with E-state index >= 15 is 0 Å². The number of thiophene rings is 1. The highest BCUT2D eigenvalue weighted by atomic mass is 35.5. The van der Waals surface area contributed by atoms with Gasteiger partial charge in [-0.2, -0.15) is 0 Å². The molecule has 5 nitrogen and oxygen atoms in total. The van der Waals surface area contributed by atoms with E-state index in [4.69, 9.17) is 11.6 Å². The molecule has 1 aliphatic heterocycles. The monoisotopic (exact) mass is 370 g/mol. The molecule has 0 radical (unpaired) electrons. The van der Waals surface area contributed by atoms with Crippen LogP contribution in [0.15, 0.2) is 34.5 Å². The summed E-state index contributed by atoms with van der Waals surface area (Å²) in [5, 5.41) is 0. The zero-order valence-electron chi connectivity index (χ0n) is 12.4. The van der Waals surface area contributed by atoms with E-state index in [2.05, 4.69) is 4.72 Å². The Bertz CT molecular complexity index is 861. The highest BCUT2D eigenvalue weighted by Gasteiger charge is 2.22. The van der Waals surface area contributed by atoms with Gasteiger partial charge in [-0.1, -0.05) is 11.6 Å². The molecule has 2 heterocycles. The quantitative estimate of drug-likeness (QED) is 0.899. The van der Waals surface area contributed by atoms with Crippen LogP contribution in [0.1, 0.15) is 18.9 Å². The van der Waals surface area contributed by atoms with Gasteiger partial charge >= 0.3 is 0 Å². The van der Waals surface area contributed by atoms with Crippen molar-refractivity contribution in [2.75, 3.05) is 16.2 Å². The summed E-state index contributed by atoms with van der Waals surface area (Å²) < 4.78 is 27.8. The number of halogens is 1. The number of rotatable bonds is 3. The normalized spacial score (nSPS) is 14.4. The van der Waals surface area contributed by atoms with Crippen molar-refractivity contribution in [1.29, 1.82) is 0 Å². The number of fused-ring (bicyclic) bond motifs is 1. The highest BCUT2D eigenvalue weighted by Crippen LogP contribution is 2.32. The molecule has 0 aliphatic carbocycles. The van der Waals surface area contributed by atoms with Crippen LogP contribution in [0, 0.1) is 0 Å². The molecule has 1 amide bonds. The van der Waals surface area contributed by atoms with E-state index in [1.54, 1.807) is 29.2 Å². The smallest absolute Gasteiger partial charge is 0.271 e. The number of nitrogens with zero attached hydrogens (tertiary/aromatic N) is 1. The minimum Gasteiger partial charge on any atom is -0.312 e. The third-order valence-electron chi connectivity index (χ3n) is 3.64. The minimum atomic E-state index is -3.65. The Morgan fingerprint density at radius 2 is 2.09 bits per heavy atom. The van der Waals surface area contributed by atoms with Crippen molar-refractivity contribution in [1.82, 2.24) is 0 Å². The summed E-state index contributed by atoms with van der Waals surface area (Å²) in [5.74, 6) is -0.00694. The van der Waals surface area contributed by atoms with Crippen LogP contribution in [0.25, 0.3) is 0 Å². The fourth-order valence-corrected chi connectivity index (χ4v) is 5.17. The molecule has 1 aromatic heterocycles. The number of carbonyl (C=O) groups excluding carboxylic acids is 1. The van der Waals surface area contributed by atoms with E-state index in [-0.39, 0.29) is 10.1 Å². The van der Waals surface area contributed by atoms with Crippen LogP contribution in [-0.4, -0.2) is 20.9 Å². The number of hydrogen-bond donors (Lipinski definition) is 1. The number of hydrogen-bond acceptors (Lipinski definition) is 4. The highest BCUT2D eigenvalue weighted by molar-refractivity contribution is 7.94. The van der Waals surface area contributed by atoms with E-state index in [9.17, 15) is 13.2 Å². The van der Waals surface area contributed by atoms with Crippen LogP contribution in [0.3, 0.4) is 0 Å². The number of sulfonamides is 1. The van der Waals surface area contributed by atoms with E-state index in [1.165, 1.54) is 13.0 Å². The van der Waals surface area contributed by atoms with Crippen LogP contribution in [0.5, 0.6) is 0 Å². The first kappa shape index (κ1) is 16.3. The van der Waals surface area contributed by atoms with Crippen molar-refractivity contribution in [3.63, 3.8) is 0 Å². The van der Waals surface area contributed by atoms with Crippen LogP contribution in [0.4, 0.5) is 11.4 Å². The van der Waals surface area contributed by atoms with Crippen LogP contribution in [-0.2, 0) is 21.2 Å². The van der Waals surface area contributed by atoms with Gasteiger partial charge in [0.05, 0.1) is 4.34 Å². The average molecular weight is 371 g/mol. The second-order valence-electron chi connectivity index (χ2n) is 5.28. The lowest BCUT2D eigenvalue weighted by molar-refractivity contribution is -0.116. The summed E-state index contributed by atoms with van der Waals surface area (Å²) in [5.41, 5.74) is 2.31. The summed E-state index contributed by atoms with van der Waals surface area (Å²) in [7, 11) is -3.65. The van der Waals surface area contributed by atoms with Gasteiger partial charge in [-0.3, -0.25) is 9.52 Å². The fraction of sp³-hybridized carbons (Fsp3) is 0.267. The molecule has 1 N–H and O–H groups in total. The molecule has 1 aromatic carbocycles. The van der Waals surface area contributed by atoms with Gasteiger partial charge in [0, 0.05) is 24.8 Å². The number of nitrogens with one attached hydrogen (secondary N) is 1. The number of aryl methyl sites for hydroxylation is 1. The molecular formula is C15H15ClN2O3S2. The molecule has 8 heteroatoms. The first-order chi connectivity index (χ1) is 10.9. The molecule has 0 fully saturated rings. The topological polar surface area (TPSA) is 66.5 Å². The SMILES string of the molecule is CC(=O)N1CCCc2cc(NS(=O)(=O)c3ccc(Cl)s3)ccc21. The van der Waals surface area contributed by atoms with Gasteiger partial charge in [0.25, 0.3) is 10.0 Å². The maximum Gasteiger partial charge on any atom is 0.271 e. The predicted molar refractivity (Wildman–Crippen MR) is 92.9 cm³/mol. The molecule has 0 saturated heterocycles. The van der Waals surface area contributed by atoms with Gasteiger partial charge in [0.2, 0.25) is 5.91 Å². The van der Waals surface area contributed by atoms with Gasteiger partial charge in [0.1, 0.15) is 4.21 Å². The minimum absolute atomic E-state index is 0.00694. The molecule has 23 heavy (non-hydrogen) atoms. The second-order valence-corrected chi connectivity index (χ2v) is 8.91. The zero-order chi connectivity index (χ0) is 16.6. The van der Waals surface area contributed by atoms with Gasteiger partial charge in [0.15, 0.2) is 0 Å². The third kappa shape index (κ3) is 3.36. The van der Waals surface area contributed by atoms with Gasteiger partial charge < -0.3 is 4.90 Å². The molecule has 1 aliphatic rings. The molecule has 0 bridgehead atoms. The van der Waals surface area contributed by atoms with Gasteiger partial charge in [-0.25, -0.2) is 8.42 Å². The van der Waals surface area contributed by atoms with E-state index in [0.717, 1.165) is 35.4 Å². The predicted octanol–water partition coefficient (Wildman–Crippen LogP) is 3.50. The average Bonchev–Trinajstić information content (AvgIpc) is 2.93. The number of carbonyl (C=O) groups is 1. The Morgan fingerprint density at radius 3 is 2.74 bits per heavy atom. The Hall–Kier alpha value is -1.57. The third-order valence-corrected chi connectivity index (χ3v) is 6.75. The van der Waals surface area contributed by atoms with Crippen LogP contribution < -0.4 is 9.62 Å². The Balaban J connectivity index is 1.89. The summed E-state index contributed by atoms with van der Waals surface area (Å²) >= 11 is 6.81. The Labute approximate surface area is 143 Å². The number of amides is 1. The fourth-order valence-electron chi connectivity index (χ4n) is 2.64. The van der Waals surface area contributed by atoms with Crippen molar-refractivity contribution in [2.45, 2.75) is 24.0 Å². The van der Waals surface area contributed by atoms with Crippen molar-refractivity contribution < 1.29 is 13.2 Å². The Kier molecular flexibility index (Phi) is 4.35. The van der Waals surface area contributed by atoms with Crippen molar-refractivity contribution in [3.05, 3.63) is 40.2 Å². The second kappa shape index (κ2) is 6.14. The largest absolute Gasteiger partial charge is 0.312 e. The maximum absolute atomic E-state index is 12.3. The molecule has 0 unspecified atom stereocenters. The van der Waals surface area contributed by atoms with Gasteiger partial charge in [-0.05, 0) is 48.7 Å². The summed E-state index contributed by atoms with van der Waals surface area (Å²) in [6.07, 6.45) is 1.68. The number of benzene rings is 1. The molecule has 3 rings (SSSR count). The zero-order valence-corrected chi connectivity index (χ0v) is 14.8. The van der Waals surface area contributed by atoms with Crippen molar-refractivity contribution in [3.8, 4) is 0 Å². The van der Waals surface area contributed by atoms with E-state index in [1.807, 2.05) is 0 Å². The first-order valence-electron chi connectivity index (χ1n) is 7.06. The number of anilines is 2. The molecule has 2 aromatic rings. The first-order valence-corrected chi connectivity index (χ1v) is 9.74. The summed E-state index contributed by atoms with van der Waals surface area (Å²) in [4.78, 5) is 13.4. The molecule has 0 atom stereocenters. The standard InChI is InChI=1S/C15H15ClN2O3S2/c1-10(19)18-8-2-3-11-9-12(4-5-13(11)18)17-23(20,21)15-7-6-14(16)22-15/h4-7,9,17H,2-3,8H2,1H3. The molecule has 0 spiro atoms. The van der Waals surface area contributed by atoms with Crippen LogP contribution in [0.2, 0.25) is 4.34 Å². The van der Waals surface area contributed by atoms with Gasteiger partial charge in [-0.15, -0.1) is 11.3 Å². The molecule has 122 valence electrons. The lowest BCUT2D eigenvalue weighted by atomic mass is 10.0. The van der Waals surface area contributed by atoms with Crippen molar-refractivity contribution in [2.24, 2.45) is 0 Å². The van der Waals surface area contributed by atoms with E-state index in [0.29, 0.717) is 16.6 Å².